The van der Waals surface area contributed by atoms with Gasteiger partial charge in [-0.25, -0.2) is 9.99 Å². The van der Waals surface area contributed by atoms with E-state index in [1.165, 1.54) is 56.0 Å². The molecule has 0 saturated carbocycles. The molecule has 0 radical (unpaired) electrons. The molecule has 0 aliphatic carbocycles. The molecule has 194 valence electrons. The lowest BCUT2D eigenvalue weighted by molar-refractivity contribution is -0.117. The summed E-state index contributed by atoms with van der Waals surface area (Å²) in [4.78, 5) is 34.1. The molecule has 0 saturated heterocycles. The number of amides is 2. The maximum atomic E-state index is 13.6. The second-order valence-corrected chi connectivity index (χ2v) is 9.94. The average Bonchev–Trinajstić information content (AvgIpc) is 3.36. The quantitative estimate of drug-likeness (QED) is 0.436. The van der Waals surface area contributed by atoms with E-state index in [1.807, 2.05) is 6.07 Å². The van der Waals surface area contributed by atoms with Gasteiger partial charge in [0.05, 0.1) is 34.1 Å². The summed E-state index contributed by atoms with van der Waals surface area (Å²) in [7, 11) is -3.02. The summed E-state index contributed by atoms with van der Waals surface area (Å²) in [6.07, 6.45) is 3.71. The zero-order valence-corrected chi connectivity index (χ0v) is 21.6. The maximum absolute atomic E-state index is 13.6. The molecule has 2 amide bonds. The van der Waals surface area contributed by atoms with Crippen molar-refractivity contribution in [3.8, 4) is 11.8 Å². The van der Waals surface area contributed by atoms with Crippen LogP contribution in [-0.2, 0) is 14.9 Å². The number of aryl methyl sites for hydroxylation is 1. The van der Waals surface area contributed by atoms with Crippen LogP contribution in [-0.4, -0.2) is 48.3 Å². The Morgan fingerprint density at radius 3 is 2.66 bits per heavy atom. The van der Waals surface area contributed by atoms with Crippen molar-refractivity contribution >= 4 is 50.1 Å². The highest BCUT2D eigenvalue weighted by Gasteiger charge is 2.41. The molecule has 2 N–H and O–H groups in total. The number of nitrogens with one attached hydrogen (secondary N) is 2. The van der Waals surface area contributed by atoms with Crippen molar-refractivity contribution in [1.29, 1.82) is 5.26 Å². The monoisotopic (exact) mass is 553 g/mol. The molecule has 1 aromatic carbocycles. The van der Waals surface area contributed by atoms with Crippen molar-refractivity contribution < 1.29 is 22.2 Å². The van der Waals surface area contributed by atoms with Crippen LogP contribution in [0.15, 0.2) is 60.1 Å². The van der Waals surface area contributed by atoms with Gasteiger partial charge in [0, 0.05) is 25.9 Å². The molecule has 1 atom stereocenters. The van der Waals surface area contributed by atoms with E-state index in [1.54, 1.807) is 13.0 Å². The van der Waals surface area contributed by atoms with Gasteiger partial charge in [-0.15, -0.1) is 0 Å². The van der Waals surface area contributed by atoms with Crippen molar-refractivity contribution in [3.05, 3.63) is 76.7 Å². The van der Waals surface area contributed by atoms with E-state index in [4.69, 9.17) is 15.8 Å². The number of carbonyl (C=O) groups excluding carboxylic acids is 2. The van der Waals surface area contributed by atoms with Gasteiger partial charge in [-0.05, 0) is 48.9 Å². The minimum absolute atomic E-state index is 0.0334. The highest BCUT2D eigenvalue weighted by Crippen LogP contribution is 2.32. The summed E-state index contributed by atoms with van der Waals surface area (Å²) in [5.41, 5.74) is 0.894. The molecule has 1 unspecified atom stereocenters. The molecule has 1 aliphatic heterocycles. The third-order valence-corrected chi connectivity index (χ3v) is 6.99. The molecule has 14 heteroatoms. The van der Waals surface area contributed by atoms with E-state index < -0.39 is 33.0 Å². The lowest BCUT2D eigenvalue weighted by Crippen LogP contribution is -2.40. The first kappa shape index (κ1) is 26.5. The topological polar surface area (TPSA) is 167 Å². The fourth-order valence-corrected chi connectivity index (χ4v) is 4.89. The fourth-order valence-electron chi connectivity index (χ4n) is 3.69. The molecule has 12 nitrogen and oxygen atoms in total. The van der Waals surface area contributed by atoms with E-state index >= 15 is 0 Å². The number of hydrogen-bond donors (Lipinski definition) is 2. The van der Waals surface area contributed by atoms with Crippen LogP contribution in [0.5, 0.6) is 5.75 Å². The molecule has 3 aromatic rings. The van der Waals surface area contributed by atoms with Crippen molar-refractivity contribution in [3.63, 3.8) is 0 Å². The number of aromatic nitrogens is 2. The van der Waals surface area contributed by atoms with E-state index in [2.05, 4.69) is 25.7 Å². The maximum Gasteiger partial charge on any atom is 0.354 e. The summed E-state index contributed by atoms with van der Waals surface area (Å²) in [6.45, 7) is 1.62. The van der Waals surface area contributed by atoms with Gasteiger partial charge in [0.2, 0.25) is 5.91 Å². The Kier molecular flexibility index (Phi) is 7.56. The van der Waals surface area contributed by atoms with Crippen molar-refractivity contribution in [2.45, 2.75) is 19.4 Å². The molecule has 3 heterocycles. The minimum Gasteiger partial charge on any atom is -0.376 e. The minimum atomic E-state index is -4.43. The van der Waals surface area contributed by atoms with Crippen LogP contribution in [0.4, 0.5) is 11.5 Å². The Morgan fingerprint density at radius 1 is 1.24 bits per heavy atom. The second-order valence-electron chi connectivity index (χ2n) is 7.99. The van der Waals surface area contributed by atoms with E-state index in [-0.39, 0.29) is 39.8 Å². The lowest BCUT2D eigenvalue weighted by Gasteiger charge is -2.23. The van der Waals surface area contributed by atoms with Gasteiger partial charge in [0.25, 0.3) is 5.91 Å². The molecule has 0 bridgehead atoms. The first-order chi connectivity index (χ1) is 18.1. The number of hydrogen-bond acceptors (Lipinski definition) is 10. The highest BCUT2D eigenvalue weighted by atomic mass is 35.5. The van der Waals surface area contributed by atoms with Crippen LogP contribution >= 0.6 is 11.6 Å². The van der Waals surface area contributed by atoms with E-state index in [0.29, 0.717) is 5.56 Å². The number of anilines is 2. The smallest absolute Gasteiger partial charge is 0.354 e. The molecule has 2 aromatic heterocycles. The van der Waals surface area contributed by atoms with Crippen LogP contribution < -0.4 is 19.8 Å². The summed E-state index contributed by atoms with van der Waals surface area (Å²) in [5.74, 6) is -1.21. The number of pyridine rings is 2. The Balaban J connectivity index is 1.71. The van der Waals surface area contributed by atoms with Crippen molar-refractivity contribution in [2.75, 3.05) is 17.4 Å². The van der Waals surface area contributed by atoms with Gasteiger partial charge < -0.3 is 14.8 Å². The Hall–Kier alpha value is -4.54. The van der Waals surface area contributed by atoms with Crippen LogP contribution in [0.1, 0.15) is 27.9 Å². The summed E-state index contributed by atoms with van der Waals surface area (Å²) >= 11 is 6.29. The summed E-state index contributed by atoms with van der Waals surface area (Å²) in [6, 6.07) is 9.60. The molecule has 0 fully saturated rings. The van der Waals surface area contributed by atoms with Gasteiger partial charge in [-0.2, -0.15) is 18.8 Å². The largest absolute Gasteiger partial charge is 0.376 e. The normalized spacial score (nSPS) is 14.8. The zero-order valence-electron chi connectivity index (χ0n) is 20.0. The van der Waals surface area contributed by atoms with Crippen LogP contribution in [0.25, 0.3) is 0 Å². The van der Waals surface area contributed by atoms with Gasteiger partial charge in [0.15, 0.2) is 16.6 Å². The van der Waals surface area contributed by atoms with Crippen LogP contribution in [0.3, 0.4) is 0 Å². The predicted octanol–water partition coefficient (Wildman–Crippen LogP) is 2.61. The van der Waals surface area contributed by atoms with Crippen LogP contribution in [0, 0.1) is 18.3 Å². The number of nitriles is 1. The van der Waals surface area contributed by atoms with Gasteiger partial charge in [-0.3, -0.25) is 14.6 Å². The molecule has 1 aliphatic rings. The number of carbonyl (C=O) groups is 2. The second kappa shape index (κ2) is 10.8. The standard InChI is InChI=1S/C24H20ClN7O5S/c1-14-9-15(12-26)10-17(23(33)27-2)21(14)30-24(34)19-11-20(31-32(19)22-18(25)6-4-8-29-22)38(35,36)37-16-5-3-7-28-13-16/h3-10,13,19H,11H2,1-2H3,(H,27,33)(H,30,34). The number of hydrazone groups is 1. The van der Waals surface area contributed by atoms with Crippen molar-refractivity contribution in [1.82, 2.24) is 15.3 Å². The molecule has 0 spiro atoms. The predicted molar refractivity (Wildman–Crippen MR) is 139 cm³/mol. The van der Waals surface area contributed by atoms with Crippen molar-refractivity contribution in [2.24, 2.45) is 5.10 Å². The zero-order chi connectivity index (χ0) is 27.4. The summed E-state index contributed by atoms with van der Waals surface area (Å²) < 4.78 is 31.2. The van der Waals surface area contributed by atoms with Crippen LogP contribution in [0.2, 0.25) is 5.02 Å². The molecular weight excluding hydrogens is 534 g/mol. The third kappa shape index (κ3) is 5.41. The Bertz CT molecular complexity index is 1590. The molecule has 38 heavy (non-hydrogen) atoms. The van der Waals surface area contributed by atoms with E-state index in [0.717, 1.165) is 5.01 Å². The number of halogens is 1. The number of benzene rings is 1. The molecule has 4 rings (SSSR count). The van der Waals surface area contributed by atoms with Gasteiger partial charge in [-0.1, -0.05) is 11.6 Å². The number of nitrogens with zero attached hydrogens (tertiary/aromatic N) is 5. The highest BCUT2D eigenvalue weighted by molar-refractivity contribution is 8.02. The number of rotatable bonds is 6. The Labute approximate surface area is 223 Å². The molecular formula is C24H20ClN7O5S. The SMILES string of the molecule is CNC(=O)c1cc(C#N)cc(C)c1NC(=O)C1CC(S(=O)(=O)Oc2cccnc2)=NN1c1ncccc1Cl. The lowest BCUT2D eigenvalue weighted by atomic mass is 10.0. The first-order valence-electron chi connectivity index (χ1n) is 11.0. The average molecular weight is 554 g/mol. The fraction of sp³-hybridized carbons (Fsp3) is 0.167. The van der Waals surface area contributed by atoms with Gasteiger partial charge in [0.1, 0.15) is 6.04 Å². The summed E-state index contributed by atoms with van der Waals surface area (Å²) in [5, 5.41) is 19.4. The Morgan fingerprint density at radius 2 is 2.00 bits per heavy atom. The third-order valence-electron chi connectivity index (χ3n) is 5.45. The first-order valence-corrected chi connectivity index (χ1v) is 12.8. The van der Waals surface area contributed by atoms with E-state index in [9.17, 15) is 23.3 Å². The van der Waals surface area contributed by atoms with Gasteiger partial charge >= 0.3 is 10.1 Å².